The largest absolute Gasteiger partial charge is 0.344 e. The van der Waals surface area contributed by atoms with Gasteiger partial charge in [0.2, 0.25) is 0 Å². The molecular formula is C14H13FN2OS. The Morgan fingerprint density at radius 3 is 2.79 bits per heavy atom. The number of carbonyl (C=O) groups is 1. The summed E-state index contributed by atoms with van der Waals surface area (Å²) in [7, 11) is 0. The summed E-state index contributed by atoms with van der Waals surface area (Å²) in [6.45, 7) is 1.84. The molecule has 19 heavy (non-hydrogen) atoms. The number of amides is 1. The van der Waals surface area contributed by atoms with Gasteiger partial charge in [-0.2, -0.15) is 0 Å². The Labute approximate surface area is 116 Å². The number of rotatable bonds is 3. The third kappa shape index (κ3) is 3.32. The second-order valence-corrected chi connectivity index (χ2v) is 4.60. The molecule has 0 aliphatic carbocycles. The molecule has 1 unspecified atom stereocenters. The van der Waals surface area contributed by atoms with Crippen LogP contribution in [0, 0.1) is 5.82 Å². The number of hydrogen-bond acceptors (Lipinski definition) is 3. The fraction of sp³-hybridized carbons (Fsp3) is 0.143. The van der Waals surface area contributed by atoms with Crippen molar-refractivity contribution in [1.29, 1.82) is 0 Å². The van der Waals surface area contributed by atoms with E-state index in [0.717, 1.165) is 5.69 Å². The Hall–Kier alpha value is -1.88. The van der Waals surface area contributed by atoms with Crippen molar-refractivity contribution in [1.82, 2.24) is 10.3 Å². The van der Waals surface area contributed by atoms with Gasteiger partial charge >= 0.3 is 0 Å². The van der Waals surface area contributed by atoms with Crippen molar-refractivity contribution in [3.8, 4) is 0 Å². The Kier molecular flexibility index (Phi) is 4.16. The van der Waals surface area contributed by atoms with E-state index in [-0.39, 0.29) is 16.8 Å². The van der Waals surface area contributed by atoms with Crippen LogP contribution in [0.15, 0.2) is 47.5 Å². The molecule has 1 heterocycles. The number of aromatic nitrogens is 1. The maximum atomic E-state index is 13.1. The SMILES string of the molecule is CC(NC(=O)c1ccc(F)c(S)c1)c1ccccn1. The van der Waals surface area contributed by atoms with Crippen LogP contribution >= 0.6 is 12.6 Å². The first-order valence-corrected chi connectivity index (χ1v) is 6.23. The zero-order valence-electron chi connectivity index (χ0n) is 10.3. The Bertz CT molecular complexity index is 589. The molecule has 0 aliphatic rings. The van der Waals surface area contributed by atoms with Gasteiger partial charge in [-0.25, -0.2) is 4.39 Å². The lowest BCUT2D eigenvalue weighted by atomic mass is 10.1. The first-order valence-electron chi connectivity index (χ1n) is 5.78. The lowest BCUT2D eigenvalue weighted by Gasteiger charge is -2.13. The predicted octanol–water partition coefficient (Wildman–Crippen LogP) is 3.00. The van der Waals surface area contributed by atoms with E-state index in [1.807, 2.05) is 25.1 Å². The van der Waals surface area contributed by atoms with Gasteiger partial charge in [0.25, 0.3) is 5.91 Å². The summed E-state index contributed by atoms with van der Waals surface area (Å²) in [5.41, 5.74) is 1.14. The van der Waals surface area contributed by atoms with Crippen LogP contribution in [0.3, 0.4) is 0 Å². The average Bonchev–Trinajstić information content (AvgIpc) is 2.42. The summed E-state index contributed by atoms with van der Waals surface area (Å²) in [6, 6.07) is 9.33. The zero-order chi connectivity index (χ0) is 13.8. The van der Waals surface area contributed by atoms with Crippen molar-refractivity contribution in [2.45, 2.75) is 17.9 Å². The van der Waals surface area contributed by atoms with Crippen LogP contribution in [-0.4, -0.2) is 10.9 Å². The molecule has 0 saturated heterocycles. The fourth-order valence-corrected chi connectivity index (χ4v) is 1.85. The van der Waals surface area contributed by atoms with Gasteiger partial charge in [0.05, 0.1) is 11.7 Å². The van der Waals surface area contributed by atoms with Crippen LogP contribution in [0.2, 0.25) is 0 Å². The van der Waals surface area contributed by atoms with Gasteiger partial charge in [0.1, 0.15) is 5.82 Å². The first kappa shape index (κ1) is 13.5. The summed E-state index contributed by atoms with van der Waals surface area (Å²) in [6.07, 6.45) is 1.67. The smallest absolute Gasteiger partial charge is 0.251 e. The number of benzene rings is 1. The highest BCUT2D eigenvalue weighted by Crippen LogP contribution is 2.15. The molecule has 0 aliphatic heterocycles. The minimum atomic E-state index is -0.447. The molecule has 3 nitrogen and oxygen atoms in total. The molecule has 2 rings (SSSR count). The Morgan fingerprint density at radius 2 is 2.16 bits per heavy atom. The van der Waals surface area contributed by atoms with Crippen LogP contribution in [0.4, 0.5) is 4.39 Å². The number of halogens is 1. The van der Waals surface area contributed by atoms with Crippen LogP contribution < -0.4 is 5.32 Å². The molecule has 98 valence electrons. The van der Waals surface area contributed by atoms with Crippen molar-refractivity contribution in [3.63, 3.8) is 0 Å². The maximum absolute atomic E-state index is 13.1. The molecule has 0 radical (unpaired) electrons. The third-order valence-corrected chi connectivity index (χ3v) is 3.03. The third-order valence-electron chi connectivity index (χ3n) is 2.69. The van der Waals surface area contributed by atoms with Crippen LogP contribution in [0.1, 0.15) is 29.0 Å². The summed E-state index contributed by atoms with van der Waals surface area (Å²) in [5, 5.41) is 2.80. The summed E-state index contributed by atoms with van der Waals surface area (Å²) >= 11 is 3.96. The highest BCUT2D eigenvalue weighted by atomic mass is 32.1. The molecule has 0 fully saturated rings. The average molecular weight is 276 g/mol. The number of thiol groups is 1. The maximum Gasteiger partial charge on any atom is 0.251 e. The van der Waals surface area contributed by atoms with Gasteiger partial charge in [0.15, 0.2) is 0 Å². The monoisotopic (exact) mass is 276 g/mol. The summed E-state index contributed by atoms with van der Waals surface area (Å²) in [4.78, 5) is 16.3. The quantitative estimate of drug-likeness (QED) is 0.846. The number of hydrogen-bond donors (Lipinski definition) is 2. The van der Waals surface area contributed by atoms with E-state index in [0.29, 0.717) is 5.56 Å². The Morgan fingerprint density at radius 1 is 1.37 bits per heavy atom. The molecule has 0 spiro atoms. The van der Waals surface area contributed by atoms with Crippen molar-refractivity contribution in [2.75, 3.05) is 0 Å². The lowest BCUT2D eigenvalue weighted by molar-refractivity contribution is 0.0939. The minimum Gasteiger partial charge on any atom is -0.344 e. The van der Waals surface area contributed by atoms with Gasteiger partial charge in [-0.05, 0) is 37.3 Å². The van der Waals surface area contributed by atoms with E-state index in [2.05, 4.69) is 22.9 Å². The van der Waals surface area contributed by atoms with E-state index in [9.17, 15) is 9.18 Å². The van der Waals surface area contributed by atoms with E-state index in [4.69, 9.17) is 0 Å². The van der Waals surface area contributed by atoms with Crippen LogP contribution in [-0.2, 0) is 0 Å². The summed E-state index contributed by atoms with van der Waals surface area (Å²) in [5.74, 6) is -0.730. The van der Waals surface area contributed by atoms with E-state index < -0.39 is 5.82 Å². The van der Waals surface area contributed by atoms with Gasteiger partial charge in [-0.15, -0.1) is 12.6 Å². The van der Waals surface area contributed by atoms with Gasteiger partial charge in [-0.1, -0.05) is 6.07 Å². The second kappa shape index (κ2) is 5.84. The first-order chi connectivity index (χ1) is 9.08. The van der Waals surface area contributed by atoms with Crippen LogP contribution in [0.25, 0.3) is 0 Å². The molecular weight excluding hydrogens is 263 g/mol. The number of nitrogens with zero attached hydrogens (tertiary/aromatic N) is 1. The van der Waals surface area contributed by atoms with Gasteiger partial charge in [-0.3, -0.25) is 9.78 Å². The fourth-order valence-electron chi connectivity index (χ4n) is 1.64. The molecule has 0 bridgehead atoms. The molecule has 1 N–H and O–H groups in total. The standard InChI is InChI=1S/C14H13FN2OS/c1-9(12-4-2-3-7-16-12)17-14(18)10-5-6-11(15)13(19)8-10/h2-9,19H,1H3,(H,17,18). The summed E-state index contributed by atoms with van der Waals surface area (Å²) < 4.78 is 13.1. The number of pyridine rings is 1. The Balaban J connectivity index is 2.11. The van der Waals surface area contributed by atoms with Crippen molar-refractivity contribution >= 4 is 18.5 Å². The van der Waals surface area contributed by atoms with E-state index in [1.165, 1.54) is 18.2 Å². The molecule has 1 aromatic heterocycles. The zero-order valence-corrected chi connectivity index (χ0v) is 11.2. The molecule has 5 heteroatoms. The van der Waals surface area contributed by atoms with Crippen molar-refractivity contribution in [3.05, 3.63) is 59.7 Å². The van der Waals surface area contributed by atoms with E-state index in [1.54, 1.807) is 6.20 Å². The van der Waals surface area contributed by atoms with E-state index >= 15 is 0 Å². The second-order valence-electron chi connectivity index (χ2n) is 4.12. The normalized spacial score (nSPS) is 11.9. The van der Waals surface area contributed by atoms with Gasteiger partial charge in [0, 0.05) is 16.7 Å². The molecule has 1 aromatic carbocycles. The number of nitrogens with one attached hydrogen (secondary N) is 1. The van der Waals surface area contributed by atoms with Crippen LogP contribution in [0.5, 0.6) is 0 Å². The number of carbonyl (C=O) groups excluding carboxylic acids is 1. The lowest BCUT2D eigenvalue weighted by Crippen LogP contribution is -2.27. The highest BCUT2D eigenvalue weighted by molar-refractivity contribution is 7.80. The minimum absolute atomic E-state index is 0.151. The van der Waals surface area contributed by atoms with Crippen molar-refractivity contribution in [2.24, 2.45) is 0 Å². The molecule has 1 amide bonds. The molecule has 2 aromatic rings. The highest BCUT2D eigenvalue weighted by Gasteiger charge is 2.13. The topological polar surface area (TPSA) is 42.0 Å². The van der Waals surface area contributed by atoms with Crippen molar-refractivity contribution < 1.29 is 9.18 Å². The molecule has 0 saturated carbocycles. The molecule has 1 atom stereocenters. The predicted molar refractivity (Wildman–Crippen MR) is 73.8 cm³/mol. The van der Waals surface area contributed by atoms with Gasteiger partial charge < -0.3 is 5.32 Å².